The molecule has 0 saturated carbocycles. The lowest BCUT2D eigenvalue weighted by atomic mass is 10.0. The molecule has 0 amide bonds. The predicted molar refractivity (Wildman–Crippen MR) is 204 cm³/mol. The number of para-hydroxylation sites is 4. The molecule has 0 fully saturated rings. The van der Waals surface area contributed by atoms with E-state index in [0.29, 0.717) is 11.3 Å². The van der Waals surface area contributed by atoms with Gasteiger partial charge in [0, 0.05) is 42.1 Å². The van der Waals surface area contributed by atoms with E-state index in [-0.39, 0.29) is 0 Å². The van der Waals surface area contributed by atoms with Crippen molar-refractivity contribution < 1.29 is 0 Å². The summed E-state index contributed by atoms with van der Waals surface area (Å²) in [6.45, 7) is 7.58. The zero-order chi connectivity index (χ0) is 32.6. The third-order valence-corrected chi connectivity index (χ3v) is 10.9. The van der Waals surface area contributed by atoms with Gasteiger partial charge in [-0.1, -0.05) is 84.9 Å². The highest BCUT2D eigenvalue weighted by molar-refractivity contribution is 7.25. The van der Waals surface area contributed by atoms with Crippen LogP contribution in [-0.4, -0.2) is 9.13 Å². The maximum Gasteiger partial charge on any atom is 0.187 e. The van der Waals surface area contributed by atoms with Crippen molar-refractivity contribution in [1.82, 2.24) is 9.13 Å². The van der Waals surface area contributed by atoms with Crippen molar-refractivity contribution in [1.29, 1.82) is 5.26 Å². The molecule has 49 heavy (non-hydrogen) atoms. The summed E-state index contributed by atoms with van der Waals surface area (Å²) in [7, 11) is 0. The zero-order valence-electron chi connectivity index (χ0n) is 26.1. The monoisotopic (exact) mass is 640 g/mol. The van der Waals surface area contributed by atoms with E-state index in [9.17, 15) is 5.26 Å². The maximum absolute atomic E-state index is 9.70. The van der Waals surface area contributed by atoms with Crippen molar-refractivity contribution in [2.75, 3.05) is 0 Å². The molecule has 5 heteroatoms. The summed E-state index contributed by atoms with van der Waals surface area (Å²) in [5, 5.41) is 16.6. The van der Waals surface area contributed by atoms with Gasteiger partial charge >= 0.3 is 0 Å². The Hall–Kier alpha value is -6.66. The standard InChI is InChI=1S/C44H24N4S/c1-46-28-19-21-43-35(23-28)36-24-34-32-13-5-9-17-40(32)48(42(34)25-44(36)49-43)38-15-7-3-11-30(38)29-10-2-6-14-37(29)47-39-16-8-4-12-31(39)33-22-27(26-45)18-20-41(33)47/h2-25H. The maximum atomic E-state index is 9.70. The first-order chi connectivity index (χ1) is 24.2. The Morgan fingerprint density at radius 2 is 1.06 bits per heavy atom. The van der Waals surface area contributed by atoms with E-state index in [4.69, 9.17) is 6.57 Å². The first-order valence-electron chi connectivity index (χ1n) is 16.1. The predicted octanol–water partition coefficient (Wildman–Crippen LogP) is 12.3. The fourth-order valence-corrected chi connectivity index (χ4v) is 8.75. The quantitative estimate of drug-likeness (QED) is 0.177. The van der Waals surface area contributed by atoms with E-state index in [1.54, 1.807) is 11.3 Å². The number of nitriles is 1. The Balaban J connectivity index is 1.27. The molecule has 0 bridgehead atoms. The van der Waals surface area contributed by atoms with Crippen molar-refractivity contribution in [3.63, 3.8) is 0 Å². The molecule has 0 aliphatic heterocycles. The first-order valence-corrected chi connectivity index (χ1v) is 16.9. The highest BCUT2D eigenvalue weighted by Gasteiger charge is 2.21. The summed E-state index contributed by atoms with van der Waals surface area (Å²) in [4.78, 5) is 3.70. The lowest BCUT2D eigenvalue weighted by molar-refractivity contribution is 1.16. The fraction of sp³-hybridized carbons (Fsp3) is 0. The van der Waals surface area contributed by atoms with Gasteiger partial charge in [-0.15, -0.1) is 11.3 Å². The van der Waals surface area contributed by atoms with E-state index < -0.39 is 0 Å². The fourth-order valence-electron chi connectivity index (χ4n) is 7.65. The van der Waals surface area contributed by atoms with Gasteiger partial charge in [0.2, 0.25) is 0 Å². The molecule has 7 aromatic carbocycles. The number of benzene rings is 7. The summed E-state index contributed by atoms with van der Waals surface area (Å²) in [5.41, 5.74) is 10.2. The topological polar surface area (TPSA) is 38.0 Å². The van der Waals surface area contributed by atoms with Crippen molar-refractivity contribution in [3.05, 3.63) is 163 Å². The lowest BCUT2D eigenvalue weighted by Gasteiger charge is -2.18. The lowest BCUT2D eigenvalue weighted by Crippen LogP contribution is -2.01. The molecular formula is C44H24N4S. The van der Waals surface area contributed by atoms with Crippen LogP contribution in [0.15, 0.2) is 146 Å². The second-order valence-corrected chi connectivity index (χ2v) is 13.4. The zero-order valence-corrected chi connectivity index (χ0v) is 26.9. The van der Waals surface area contributed by atoms with Gasteiger partial charge in [-0.25, -0.2) is 4.85 Å². The SMILES string of the molecule is [C-]#[N+]c1ccc2sc3cc4c(cc3c2c1)c1ccccc1n4-c1ccccc1-c1ccccc1-n1c2ccccc2c2cc(C#N)ccc21. The Labute approximate surface area is 285 Å². The highest BCUT2D eigenvalue weighted by atomic mass is 32.1. The summed E-state index contributed by atoms with van der Waals surface area (Å²) in [5.74, 6) is 0. The second-order valence-electron chi connectivity index (χ2n) is 12.3. The van der Waals surface area contributed by atoms with Gasteiger partial charge in [0.15, 0.2) is 5.69 Å². The van der Waals surface area contributed by atoms with Crippen LogP contribution in [-0.2, 0) is 0 Å². The first kappa shape index (κ1) is 27.5. The normalized spacial score (nSPS) is 11.6. The smallest absolute Gasteiger partial charge is 0.187 e. The summed E-state index contributed by atoms with van der Waals surface area (Å²) in [6, 6.07) is 53.3. The number of thiophene rings is 1. The summed E-state index contributed by atoms with van der Waals surface area (Å²) >= 11 is 1.78. The second kappa shape index (κ2) is 10.4. The van der Waals surface area contributed by atoms with Gasteiger partial charge in [-0.3, -0.25) is 0 Å². The number of hydrogen-bond acceptors (Lipinski definition) is 2. The molecule has 0 unspecified atom stereocenters. The number of nitrogens with zero attached hydrogens (tertiary/aromatic N) is 4. The van der Waals surface area contributed by atoms with Crippen LogP contribution in [0.25, 0.3) is 91.1 Å². The third-order valence-electron chi connectivity index (χ3n) is 9.76. The molecule has 4 nitrogen and oxygen atoms in total. The van der Waals surface area contributed by atoms with Crippen LogP contribution >= 0.6 is 11.3 Å². The van der Waals surface area contributed by atoms with Gasteiger partial charge in [0.05, 0.1) is 51.6 Å². The van der Waals surface area contributed by atoms with E-state index >= 15 is 0 Å². The van der Waals surface area contributed by atoms with Gasteiger partial charge in [-0.2, -0.15) is 5.26 Å². The van der Waals surface area contributed by atoms with Gasteiger partial charge in [0.25, 0.3) is 0 Å². The largest absolute Gasteiger partial charge is 0.309 e. The minimum absolute atomic E-state index is 0.653. The minimum Gasteiger partial charge on any atom is -0.309 e. The average molecular weight is 641 g/mol. The summed E-state index contributed by atoms with van der Waals surface area (Å²) < 4.78 is 7.14. The molecule has 0 N–H and O–H groups in total. The number of hydrogen-bond donors (Lipinski definition) is 0. The molecule has 0 radical (unpaired) electrons. The highest BCUT2D eigenvalue weighted by Crippen LogP contribution is 2.44. The number of rotatable bonds is 3. The molecule has 0 aliphatic carbocycles. The van der Waals surface area contributed by atoms with Crippen LogP contribution in [0.5, 0.6) is 0 Å². The average Bonchev–Trinajstić information content (AvgIpc) is 3.80. The molecule has 0 atom stereocenters. The van der Waals surface area contributed by atoms with Gasteiger partial charge < -0.3 is 9.13 Å². The van der Waals surface area contributed by atoms with E-state index in [1.165, 1.54) is 25.6 Å². The molecule has 10 rings (SSSR count). The van der Waals surface area contributed by atoms with Crippen molar-refractivity contribution in [2.24, 2.45) is 0 Å². The Kier molecular flexibility index (Phi) is 5.84. The van der Waals surface area contributed by atoms with E-state index in [0.717, 1.165) is 60.7 Å². The molecule has 0 aliphatic rings. The van der Waals surface area contributed by atoms with Gasteiger partial charge in [-0.05, 0) is 71.4 Å². The third kappa shape index (κ3) is 3.95. The number of aromatic nitrogens is 2. The van der Waals surface area contributed by atoms with Crippen molar-refractivity contribution in [3.8, 4) is 28.6 Å². The van der Waals surface area contributed by atoms with Gasteiger partial charge in [0.1, 0.15) is 0 Å². The Bertz CT molecular complexity index is 3090. The van der Waals surface area contributed by atoms with E-state index in [1.807, 2.05) is 24.3 Å². The summed E-state index contributed by atoms with van der Waals surface area (Å²) in [6.07, 6.45) is 0. The molecule has 10 aromatic rings. The van der Waals surface area contributed by atoms with Crippen LogP contribution in [0.2, 0.25) is 0 Å². The van der Waals surface area contributed by atoms with Crippen LogP contribution in [0.1, 0.15) is 5.56 Å². The molecular weight excluding hydrogens is 617 g/mol. The molecule has 3 aromatic heterocycles. The minimum atomic E-state index is 0.653. The Morgan fingerprint density at radius 3 is 1.73 bits per heavy atom. The molecule has 0 spiro atoms. The molecule has 3 heterocycles. The number of fused-ring (bicyclic) bond motifs is 9. The van der Waals surface area contributed by atoms with Crippen molar-refractivity contribution >= 4 is 80.8 Å². The van der Waals surface area contributed by atoms with Crippen molar-refractivity contribution in [2.45, 2.75) is 0 Å². The van der Waals surface area contributed by atoms with Crippen LogP contribution in [0.3, 0.4) is 0 Å². The van der Waals surface area contributed by atoms with Crippen LogP contribution in [0.4, 0.5) is 5.69 Å². The van der Waals surface area contributed by atoms with Crippen LogP contribution < -0.4 is 0 Å². The molecule has 0 saturated heterocycles. The Morgan fingerprint density at radius 1 is 0.490 bits per heavy atom. The van der Waals surface area contributed by atoms with Crippen LogP contribution in [0, 0.1) is 17.9 Å². The molecule has 226 valence electrons. The van der Waals surface area contributed by atoms with E-state index in [2.05, 4.69) is 141 Å².